The Bertz CT molecular complexity index is 821. The fourth-order valence-electron chi connectivity index (χ4n) is 4.07. The number of nitrogens with zero attached hydrogens (tertiary/aromatic N) is 2. The van der Waals surface area contributed by atoms with Crippen molar-refractivity contribution < 1.29 is 14.0 Å². The molecule has 0 bridgehead atoms. The van der Waals surface area contributed by atoms with Gasteiger partial charge in [-0.1, -0.05) is 18.2 Å². The minimum atomic E-state index is -0.567. The number of carbonyl (C=O) groups excluding carboxylic acids is 2. The van der Waals surface area contributed by atoms with Gasteiger partial charge in [-0.15, -0.1) is 0 Å². The van der Waals surface area contributed by atoms with Gasteiger partial charge in [0.25, 0.3) is 0 Å². The maximum Gasteiger partial charge on any atom is 0.317 e. The summed E-state index contributed by atoms with van der Waals surface area (Å²) in [7, 11) is 0. The first-order chi connectivity index (χ1) is 12.5. The molecule has 1 fully saturated rings. The molecule has 0 saturated carbocycles. The van der Waals surface area contributed by atoms with Crippen LogP contribution in [0, 0.1) is 0 Å². The predicted octanol–water partition coefficient (Wildman–Crippen LogP) is 3.41. The van der Waals surface area contributed by atoms with E-state index in [2.05, 4.69) is 5.32 Å². The van der Waals surface area contributed by atoms with E-state index in [0.29, 0.717) is 25.9 Å². The SMILES string of the molecule is CC(C)NC(=O)N1CCC2(CC1)C(=O)N(c1ccoc1)c1ccccc12. The fraction of sp³-hybridized carbons (Fsp3) is 0.400. The molecule has 1 aromatic heterocycles. The summed E-state index contributed by atoms with van der Waals surface area (Å²) < 4.78 is 5.20. The number of urea groups is 1. The number of hydrogen-bond acceptors (Lipinski definition) is 3. The molecule has 3 heterocycles. The Labute approximate surface area is 152 Å². The first kappa shape index (κ1) is 16.7. The number of piperidine rings is 1. The van der Waals surface area contributed by atoms with Crippen LogP contribution in [0.2, 0.25) is 0 Å². The number of anilines is 2. The van der Waals surface area contributed by atoms with Crippen LogP contribution in [0.15, 0.2) is 47.3 Å². The monoisotopic (exact) mass is 353 g/mol. The molecule has 6 heteroatoms. The Morgan fingerprint density at radius 2 is 1.92 bits per heavy atom. The van der Waals surface area contributed by atoms with Crippen molar-refractivity contribution in [2.24, 2.45) is 0 Å². The van der Waals surface area contributed by atoms with Gasteiger partial charge < -0.3 is 14.6 Å². The lowest BCUT2D eigenvalue weighted by Crippen LogP contribution is -2.52. The molecular formula is C20H23N3O3. The Balaban J connectivity index is 1.63. The summed E-state index contributed by atoms with van der Waals surface area (Å²) in [5.41, 5.74) is 2.15. The predicted molar refractivity (Wildman–Crippen MR) is 98.4 cm³/mol. The van der Waals surface area contributed by atoms with Crippen LogP contribution in [0.5, 0.6) is 0 Å². The standard InChI is InChI=1S/C20H23N3O3/c1-14(2)21-19(25)22-10-8-20(9-11-22)16-5-3-4-6-17(16)23(18(20)24)15-7-12-26-13-15/h3-7,12-14H,8-11H2,1-2H3,(H,21,25). The number of amides is 3. The van der Waals surface area contributed by atoms with Crippen LogP contribution in [-0.2, 0) is 10.2 Å². The fourth-order valence-corrected chi connectivity index (χ4v) is 4.07. The van der Waals surface area contributed by atoms with E-state index in [0.717, 1.165) is 16.9 Å². The van der Waals surface area contributed by atoms with Gasteiger partial charge in [0.05, 0.1) is 23.1 Å². The van der Waals surface area contributed by atoms with Crippen molar-refractivity contribution in [1.82, 2.24) is 10.2 Å². The van der Waals surface area contributed by atoms with Crippen molar-refractivity contribution in [2.45, 2.75) is 38.1 Å². The highest BCUT2D eigenvalue weighted by atomic mass is 16.3. The quantitative estimate of drug-likeness (QED) is 0.900. The Kier molecular flexibility index (Phi) is 3.98. The van der Waals surface area contributed by atoms with Gasteiger partial charge in [-0.3, -0.25) is 9.69 Å². The van der Waals surface area contributed by atoms with E-state index in [1.807, 2.05) is 43.0 Å². The van der Waals surface area contributed by atoms with E-state index in [4.69, 9.17) is 4.42 Å². The number of likely N-dealkylation sites (tertiary alicyclic amines) is 1. The Morgan fingerprint density at radius 3 is 2.58 bits per heavy atom. The highest BCUT2D eigenvalue weighted by Crippen LogP contribution is 2.50. The second-order valence-electron chi connectivity index (χ2n) is 7.31. The molecule has 1 saturated heterocycles. The summed E-state index contributed by atoms with van der Waals surface area (Å²) in [5.74, 6) is 0.0732. The van der Waals surface area contributed by atoms with Gasteiger partial charge in [-0.2, -0.15) is 0 Å². The molecular weight excluding hydrogens is 330 g/mol. The molecule has 6 nitrogen and oxygen atoms in total. The molecule has 0 atom stereocenters. The zero-order valence-electron chi connectivity index (χ0n) is 15.1. The third-order valence-corrected chi connectivity index (χ3v) is 5.35. The summed E-state index contributed by atoms with van der Waals surface area (Å²) >= 11 is 0. The summed E-state index contributed by atoms with van der Waals surface area (Å²) in [4.78, 5) is 29.3. The van der Waals surface area contributed by atoms with E-state index < -0.39 is 5.41 Å². The molecule has 4 rings (SSSR count). The van der Waals surface area contributed by atoms with Crippen molar-refractivity contribution in [3.05, 3.63) is 48.4 Å². The van der Waals surface area contributed by atoms with E-state index in [9.17, 15) is 9.59 Å². The second kappa shape index (κ2) is 6.20. The summed E-state index contributed by atoms with van der Waals surface area (Å²) in [6, 6.07) is 9.79. The number of furan rings is 1. The van der Waals surface area contributed by atoms with E-state index in [1.54, 1.807) is 23.5 Å². The Morgan fingerprint density at radius 1 is 1.19 bits per heavy atom. The van der Waals surface area contributed by atoms with Gasteiger partial charge in [-0.05, 0) is 38.3 Å². The highest BCUT2D eigenvalue weighted by Gasteiger charge is 2.52. The third-order valence-electron chi connectivity index (χ3n) is 5.35. The molecule has 136 valence electrons. The van der Waals surface area contributed by atoms with Crippen molar-refractivity contribution in [3.63, 3.8) is 0 Å². The number of hydrogen-bond donors (Lipinski definition) is 1. The largest absolute Gasteiger partial charge is 0.470 e. The second-order valence-corrected chi connectivity index (χ2v) is 7.31. The minimum absolute atomic E-state index is 0.0553. The van der Waals surface area contributed by atoms with E-state index in [1.165, 1.54) is 0 Å². The molecule has 1 spiro atoms. The van der Waals surface area contributed by atoms with Gasteiger partial charge in [0.2, 0.25) is 5.91 Å². The summed E-state index contributed by atoms with van der Waals surface area (Å²) in [5, 5.41) is 2.93. The van der Waals surface area contributed by atoms with Crippen LogP contribution < -0.4 is 10.2 Å². The average Bonchev–Trinajstić information content (AvgIpc) is 3.22. The van der Waals surface area contributed by atoms with Gasteiger partial charge in [0.1, 0.15) is 6.26 Å². The maximum absolute atomic E-state index is 13.5. The molecule has 0 unspecified atom stereocenters. The normalized spacial score (nSPS) is 18.5. The Hall–Kier alpha value is -2.76. The minimum Gasteiger partial charge on any atom is -0.470 e. The van der Waals surface area contributed by atoms with Crippen LogP contribution in [0.4, 0.5) is 16.2 Å². The number of carbonyl (C=O) groups is 2. The number of para-hydroxylation sites is 1. The van der Waals surface area contributed by atoms with Crippen LogP contribution in [0.3, 0.4) is 0 Å². The number of nitrogens with one attached hydrogen (secondary N) is 1. The smallest absolute Gasteiger partial charge is 0.317 e. The molecule has 1 aromatic carbocycles. The summed E-state index contributed by atoms with van der Waals surface area (Å²) in [6.07, 6.45) is 4.43. The van der Waals surface area contributed by atoms with E-state index >= 15 is 0 Å². The van der Waals surface area contributed by atoms with Crippen molar-refractivity contribution in [1.29, 1.82) is 0 Å². The van der Waals surface area contributed by atoms with Crippen LogP contribution in [0.25, 0.3) is 0 Å². The van der Waals surface area contributed by atoms with Crippen LogP contribution >= 0.6 is 0 Å². The molecule has 2 aliphatic heterocycles. The number of rotatable bonds is 2. The highest BCUT2D eigenvalue weighted by molar-refractivity contribution is 6.13. The molecule has 3 amide bonds. The first-order valence-electron chi connectivity index (χ1n) is 9.05. The zero-order valence-corrected chi connectivity index (χ0v) is 15.1. The van der Waals surface area contributed by atoms with Crippen LogP contribution in [-0.4, -0.2) is 36.0 Å². The maximum atomic E-state index is 13.5. The van der Waals surface area contributed by atoms with Crippen molar-refractivity contribution in [2.75, 3.05) is 18.0 Å². The molecule has 0 aliphatic carbocycles. The molecule has 1 N–H and O–H groups in total. The summed E-state index contributed by atoms with van der Waals surface area (Å²) in [6.45, 7) is 5.03. The number of fused-ring (bicyclic) bond motifs is 2. The molecule has 26 heavy (non-hydrogen) atoms. The lowest BCUT2D eigenvalue weighted by Gasteiger charge is -2.38. The lowest BCUT2D eigenvalue weighted by atomic mass is 9.73. The first-order valence-corrected chi connectivity index (χ1v) is 9.05. The third kappa shape index (κ3) is 2.48. The molecule has 0 radical (unpaired) electrons. The van der Waals surface area contributed by atoms with Crippen LogP contribution in [0.1, 0.15) is 32.3 Å². The average molecular weight is 353 g/mol. The topological polar surface area (TPSA) is 65.8 Å². The lowest BCUT2D eigenvalue weighted by molar-refractivity contribution is -0.124. The van der Waals surface area contributed by atoms with Gasteiger partial charge in [0, 0.05) is 25.2 Å². The molecule has 2 aromatic rings. The van der Waals surface area contributed by atoms with Gasteiger partial charge in [-0.25, -0.2) is 4.79 Å². The van der Waals surface area contributed by atoms with Gasteiger partial charge >= 0.3 is 6.03 Å². The van der Waals surface area contributed by atoms with Crippen molar-refractivity contribution >= 4 is 23.3 Å². The van der Waals surface area contributed by atoms with Crippen molar-refractivity contribution in [3.8, 4) is 0 Å². The van der Waals surface area contributed by atoms with Gasteiger partial charge in [0.15, 0.2) is 0 Å². The number of benzene rings is 1. The molecule has 2 aliphatic rings. The van der Waals surface area contributed by atoms with E-state index in [-0.39, 0.29) is 18.0 Å². The zero-order chi connectivity index (χ0) is 18.3.